The molecule has 37 heavy (non-hydrogen) atoms. The number of aromatic nitrogens is 4. The Morgan fingerprint density at radius 1 is 1.03 bits per heavy atom. The number of nitrogens with one attached hydrogen (secondary N) is 2. The standard InChI is InChI=1S/C27H22F3N5O2/c28-27(29,30)37-18-7-5-17(6-8-18)26(36)35-13-10-16(11-14-35)19-9-12-31-25-23(19)33-24(34-25)21-15-32-22-4-2-1-3-20(21)22/h1-9,12,15-16,32H,10-11,13-14H2,(H,31,33,34). The molecule has 0 radical (unpaired) electrons. The first-order valence-corrected chi connectivity index (χ1v) is 11.9. The first-order chi connectivity index (χ1) is 17.9. The summed E-state index contributed by atoms with van der Waals surface area (Å²) in [5, 5.41) is 1.08. The Hall–Kier alpha value is -4.34. The molecular weight excluding hydrogens is 483 g/mol. The largest absolute Gasteiger partial charge is 0.573 e. The molecule has 1 aliphatic rings. The molecule has 1 amide bonds. The third kappa shape index (κ3) is 4.50. The molecule has 5 aromatic rings. The number of fused-ring (bicyclic) bond motifs is 2. The highest BCUT2D eigenvalue weighted by Gasteiger charge is 2.31. The summed E-state index contributed by atoms with van der Waals surface area (Å²) >= 11 is 0. The highest BCUT2D eigenvalue weighted by molar-refractivity contribution is 5.96. The van der Waals surface area contributed by atoms with Crippen molar-refractivity contribution < 1.29 is 22.7 Å². The van der Waals surface area contributed by atoms with Crippen LogP contribution < -0.4 is 4.74 Å². The van der Waals surface area contributed by atoms with Gasteiger partial charge in [-0.15, -0.1) is 13.2 Å². The van der Waals surface area contributed by atoms with E-state index in [0.29, 0.717) is 18.7 Å². The molecule has 7 nitrogen and oxygen atoms in total. The van der Waals surface area contributed by atoms with Crippen LogP contribution in [0.15, 0.2) is 67.0 Å². The van der Waals surface area contributed by atoms with E-state index in [2.05, 4.69) is 19.7 Å². The Kier molecular flexibility index (Phi) is 5.58. The molecule has 1 aliphatic heterocycles. The van der Waals surface area contributed by atoms with Crippen LogP contribution in [0.5, 0.6) is 5.75 Å². The van der Waals surface area contributed by atoms with E-state index in [1.807, 2.05) is 36.5 Å². The molecular formula is C27H22F3N5O2. The summed E-state index contributed by atoms with van der Waals surface area (Å²) in [6, 6.07) is 15.1. The van der Waals surface area contributed by atoms with Gasteiger partial charge < -0.3 is 19.6 Å². The van der Waals surface area contributed by atoms with E-state index in [-0.39, 0.29) is 17.6 Å². The molecule has 0 unspecified atom stereocenters. The molecule has 0 aliphatic carbocycles. The van der Waals surface area contributed by atoms with Crippen molar-refractivity contribution in [2.75, 3.05) is 13.1 Å². The maximum Gasteiger partial charge on any atom is 0.573 e. The summed E-state index contributed by atoms with van der Waals surface area (Å²) < 4.78 is 41.1. The minimum atomic E-state index is -4.77. The number of imidazole rings is 1. The molecule has 3 aromatic heterocycles. The van der Waals surface area contributed by atoms with Crippen molar-refractivity contribution in [1.29, 1.82) is 0 Å². The third-order valence-electron chi connectivity index (χ3n) is 6.82. The van der Waals surface area contributed by atoms with Crippen LogP contribution in [0, 0.1) is 0 Å². The van der Waals surface area contributed by atoms with Crippen LogP contribution in [-0.4, -0.2) is 50.2 Å². The van der Waals surface area contributed by atoms with Crippen LogP contribution in [-0.2, 0) is 0 Å². The van der Waals surface area contributed by atoms with E-state index < -0.39 is 6.36 Å². The van der Waals surface area contributed by atoms with Gasteiger partial charge in [0.15, 0.2) is 5.65 Å². The maximum absolute atomic E-state index is 12.9. The average molecular weight is 506 g/mol. The summed E-state index contributed by atoms with van der Waals surface area (Å²) in [6.07, 6.45) is 0.436. The monoisotopic (exact) mass is 505 g/mol. The van der Waals surface area contributed by atoms with Gasteiger partial charge in [-0.1, -0.05) is 18.2 Å². The fourth-order valence-electron chi connectivity index (χ4n) is 5.03. The Labute approximate surface area is 209 Å². The van der Waals surface area contributed by atoms with Crippen molar-refractivity contribution in [3.8, 4) is 17.1 Å². The predicted molar refractivity (Wildman–Crippen MR) is 132 cm³/mol. The Balaban J connectivity index is 1.18. The lowest BCUT2D eigenvalue weighted by atomic mass is 9.89. The smallest absolute Gasteiger partial charge is 0.406 e. The molecule has 0 atom stereocenters. The fraction of sp³-hybridized carbons (Fsp3) is 0.222. The Morgan fingerprint density at radius 2 is 1.78 bits per heavy atom. The summed E-state index contributed by atoms with van der Waals surface area (Å²) in [6.45, 7) is 1.07. The number of carbonyl (C=O) groups excluding carboxylic acids is 1. The van der Waals surface area contributed by atoms with E-state index in [0.717, 1.165) is 64.0 Å². The van der Waals surface area contributed by atoms with Gasteiger partial charge in [0.1, 0.15) is 17.1 Å². The first kappa shape index (κ1) is 23.1. The molecule has 10 heteroatoms. The van der Waals surface area contributed by atoms with Crippen LogP contribution >= 0.6 is 0 Å². The fourth-order valence-corrected chi connectivity index (χ4v) is 5.03. The number of para-hydroxylation sites is 1. The van der Waals surface area contributed by atoms with Gasteiger partial charge in [0, 0.05) is 47.5 Å². The molecule has 2 N–H and O–H groups in total. The number of aromatic amines is 2. The van der Waals surface area contributed by atoms with Crippen molar-refractivity contribution in [2.45, 2.75) is 25.1 Å². The van der Waals surface area contributed by atoms with E-state index in [4.69, 9.17) is 4.98 Å². The van der Waals surface area contributed by atoms with Gasteiger partial charge in [-0.2, -0.15) is 0 Å². The van der Waals surface area contributed by atoms with E-state index >= 15 is 0 Å². The molecule has 0 bridgehead atoms. The zero-order valence-corrected chi connectivity index (χ0v) is 19.5. The van der Waals surface area contributed by atoms with Crippen LogP contribution in [0.4, 0.5) is 13.2 Å². The summed E-state index contributed by atoms with van der Waals surface area (Å²) in [7, 11) is 0. The lowest BCUT2D eigenvalue weighted by molar-refractivity contribution is -0.274. The molecule has 2 aromatic carbocycles. The number of H-pyrrole nitrogens is 2. The van der Waals surface area contributed by atoms with Crippen LogP contribution in [0.1, 0.15) is 34.7 Å². The number of halogens is 3. The SMILES string of the molecule is O=C(c1ccc(OC(F)(F)F)cc1)N1CCC(c2ccnc3[nH]c(-c4c[nH]c5ccccc45)nc23)CC1. The number of carbonyl (C=O) groups is 1. The predicted octanol–water partition coefficient (Wildman–Crippen LogP) is 6.02. The topological polar surface area (TPSA) is 86.9 Å². The van der Waals surface area contributed by atoms with Gasteiger partial charge in [0.2, 0.25) is 0 Å². The van der Waals surface area contributed by atoms with E-state index in [1.54, 1.807) is 11.1 Å². The van der Waals surface area contributed by atoms with Crippen LogP contribution in [0.3, 0.4) is 0 Å². The number of nitrogens with zero attached hydrogens (tertiary/aromatic N) is 3. The van der Waals surface area contributed by atoms with Crippen molar-refractivity contribution in [1.82, 2.24) is 24.8 Å². The van der Waals surface area contributed by atoms with Gasteiger partial charge in [0.25, 0.3) is 5.91 Å². The third-order valence-corrected chi connectivity index (χ3v) is 6.82. The number of piperidine rings is 1. The van der Waals surface area contributed by atoms with E-state index in [9.17, 15) is 18.0 Å². The van der Waals surface area contributed by atoms with Crippen LogP contribution in [0.2, 0.25) is 0 Å². The quantitative estimate of drug-likeness (QED) is 0.313. The zero-order valence-electron chi connectivity index (χ0n) is 19.5. The second kappa shape index (κ2) is 8.95. The molecule has 4 heterocycles. The highest BCUT2D eigenvalue weighted by Crippen LogP contribution is 2.34. The molecule has 0 spiro atoms. The minimum absolute atomic E-state index is 0.205. The van der Waals surface area contributed by atoms with Gasteiger partial charge in [-0.25, -0.2) is 9.97 Å². The summed E-state index contributed by atoms with van der Waals surface area (Å²) in [4.78, 5) is 30.7. The minimum Gasteiger partial charge on any atom is -0.406 e. The van der Waals surface area contributed by atoms with Gasteiger partial charge in [-0.3, -0.25) is 4.79 Å². The zero-order chi connectivity index (χ0) is 25.6. The number of pyridine rings is 1. The molecule has 0 saturated carbocycles. The summed E-state index contributed by atoms with van der Waals surface area (Å²) in [5.74, 6) is 0.392. The van der Waals surface area contributed by atoms with Gasteiger partial charge in [0.05, 0.1) is 0 Å². The molecule has 1 fully saturated rings. The Morgan fingerprint density at radius 3 is 2.54 bits per heavy atom. The highest BCUT2D eigenvalue weighted by atomic mass is 19.4. The van der Waals surface area contributed by atoms with Gasteiger partial charge in [-0.05, 0) is 60.7 Å². The number of amides is 1. The van der Waals surface area contributed by atoms with Crippen molar-refractivity contribution in [3.63, 3.8) is 0 Å². The summed E-state index contributed by atoms with van der Waals surface area (Å²) in [5.41, 5.74) is 4.98. The molecule has 6 rings (SSSR count). The molecule has 1 saturated heterocycles. The maximum atomic E-state index is 12.9. The van der Waals surface area contributed by atoms with Crippen molar-refractivity contribution in [2.24, 2.45) is 0 Å². The second-order valence-corrected chi connectivity index (χ2v) is 9.07. The number of hydrogen-bond acceptors (Lipinski definition) is 4. The van der Waals surface area contributed by atoms with Crippen molar-refractivity contribution in [3.05, 3.63) is 78.1 Å². The van der Waals surface area contributed by atoms with E-state index in [1.165, 1.54) is 12.1 Å². The van der Waals surface area contributed by atoms with Crippen LogP contribution in [0.25, 0.3) is 33.5 Å². The number of hydrogen-bond donors (Lipinski definition) is 2. The number of rotatable bonds is 4. The lowest BCUT2D eigenvalue weighted by Crippen LogP contribution is -2.38. The average Bonchev–Trinajstić information content (AvgIpc) is 3.52. The molecule has 188 valence electrons. The number of likely N-dealkylation sites (tertiary alicyclic amines) is 1. The van der Waals surface area contributed by atoms with Crippen molar-refractivity contribution >= 4 is 28.0 Å². The normalized spacial score (nSPS) is 14.9. The van der Waals surface area contributed by atoms with Gasteiger partial charge >= 0.3 is 6.36 Å². The lowest BCUT2D eigenvalue weighted by Gasteiger charge is -2.32. The second-order valence-electron chi connectivity index (χ2n) is 9.07. The number of benzene rings is 2. The Bertz CT molecular complexity index is 1580. The number of ether oxygens (including phenoxy) is 1. The number of alkyl halides is 3. The first-order valence-electron chi connectivity index (χ1n) is 11.9.